The number of sulfonamides is 1. The molecule has 0 spiro atoms. The first kappa shape index (κ1) is 21.0. The number of ketones is 1. The molecule has 2 aliphatic rings. The van der Waals surface area contributed by atoms with Gasteiger partial charge in [0.05, 0.1) is 24.1 Å². The molecular formula is C23H28N2O4S. The lowest BCUT2D eigenvalue weighted by atomic mass is 9.84. The van der Waals surface area contributed by atoms with Crippen molar-refractivity contribution in [3.05, 3.63) is 64.7 Å². The standard InChI is InChI=1S/C23H28N2O4S/c1-17-4-3-5-20(14-17)23(27)9-12-24(13-10-23)16-22(26)19-6-7-21-18(15-19)8-11-25(21)30(2,28)29/h3-7,14-15,27H,8-13,16H2,1-2H3. The number of rotatable bonds is 5. The van der Waals surface area contributed by atoms with E-state index in [1.807, 2.05) is 37.3 Å². The minimum absolute atomic E-state index is 0.0246. The Morgan fingerprint density at radius 1 is 1.10 bits per heavy atom. The Balaban J connectivity index is 1.40. The van der Waals surface area contributed by atoms with Gasteiger partial charge in [-0.25, -0.2) is 8.42 Å². The molecule has 1 N–H and O–H groups in total. The van der Waals surface area contributed by atoms with E-state index in [1.54, 1.807) is 12.1 Å². The van der Waals surface area contributed by atoms with E-state index in [0.717, 1.165) is 16.7 Å². The number of hydrogen-bond donors (Lipinski definition) is 1. The van der Waals surface area contributed by atoms with Crippen molar-refractivity contribution >= 4 is 21.5 Å². The monoisotopic (exact) mass is 428 g/mol. The van der Waals surface area contributed by atoms with Crippen molar-refractivity contribution in [1.29, 1.82) is 0 Å². The van der Waals surface area contributed by atoms with Gasteiger partial charge in [-0.15, -0.1) is 0 Å². The van der Waals surface area contributed by atoms with Crippen LogP contribution in [0.3, 0.4) is 0 Å². The van der Waals surface area contributed by atoms with Gasteiger partial charge in [-0.3, -0.25) is 14.0 Å². The number of aliphatic hydroxyl groups is 1. The van der Waals surface area contributed by atoms with Crippen molar-refractivity contribution in [2.75, 3.05) is 36.7 Å². The molecular weight excluding hydrogens is 400 g/mol. The summed E-state index contributed by atoms with van der Waals surface area (Å²) in [7, 11) is -3.29. The lowest BCUT2D eigenvalue weighted by Crippen LogP contribution is -2.44. The van der Waals surface area contributed by atoms with Gasteiger partial charge < -0.3 is 5.11 Å². The molecule has 7 heteroatoms. The maximum atomic E-state index is 12.8. The molecule has 1 saturated heterocycles. The SMILES string of the molecule is Cc1cccc(C2(O)CCN(CC(=O)c3ccc4c(c3)CCN4S(C)(=O)=O)CC2)c1. The highest BCUT2D eigenvalue weighted by Crippen LogP contribution is 2.34. The van der Waals surface area contributed by atoms with Crippen molar-refractivity contribution in [2.24, 2.45) is 0 Å². The normalized spacial score (nSPS) is 19.0. The summed E-state index contributed by atoms with van der Waals surface area (Å²) in [6, 6.07) is 13.3. The number of hydrogen-bond acceptors (Lipinski definition) is 5. The van der Waals surface area contributed by atoms with Gasteiger partial charge in [-0.05, 0) is 55.5 Å². The quantitative estimate of drug-likeness (QED) is 0.741. The Kier molecular flexibility index (Phi) is 5.46. The fraction of sp³-hybridized carbons (Fsp3) is 0.435. The largest absolute Gasteiger partial charge is 0.385 e. The van der Waals surface area contributed by atoms with E-state index in [-0.39, 0.29) is 5.78 Å². The second-order valence-electron chi connectivity index (χ2n) is 8.53. The molecule has 0 saturated carbocycles. The molecule has 0 bridgehead atoms. The molecule has 0 aliphatic carbocycles. The maximum Gasteiger partial charge on any atom is 0.232 e. The minimum Gasteiger partial charge on any atom is -0.385 e. The van der Waals surface area contributed by atoms with Gasteiger partial charge in [0, 0.05) is 25.2 Å². The molecule has 0 amide bonds. The Hall–Kier alpha value is -2.22. The van der Waals surface area contributed by atoms with E-state index in [1.165, 1.54) is 10.6 Å². The van der Waals surface area contributed by atoms with E-state index >= 15 is 0 Å². The molecule has 6 nitrogen and oxygen atoms in total. The zero-order valence-corrected chi connectivity index (χ0v) is 18.3. The van der Waals surface area contributed by atoms with Crippen LogP contribution in [-0.2, 0) is 22.0 Å². The molecule has 2 aromatic carbocycles. The van der Waals surface area contributed by atoms with Gasteiger partial charge in [-0.1, -0.05) is 29.8 Å². The third-order valence-electron chi connectivity index (χ3n) is 6.26. The Morgan fingerprint density at radius 2 is 1.83 bits per heavy atom. The fourth-order valence-electron chi connectivity index (χ4n) is 4.49. The minimum atomic E-state index is -3.29. The zero-order chi connectivity index (χ0) is 21.5. The highest BCUT2D eigenvalue weighted by molar-refractivity contribution is 7.92. The van der Waals surface area contributed by atoms with Crippen LogP contribution in [0, 0.1) is 6.92 Å². The van der Waals surface area contributed by atoms with E-state index in [4.69, 9.17) is 0 Å². The number of aryl methyl sites for hydroxylation is 1. The zero-order valence-electron chi connectivity index (χ0n) is 17.5. The Bertz CT molecular complexity index is 1070. The number of carbonyl (C=O) groups excluding carboxylic acids is 1. The van der Waals surface area contributed by atoms with Crippen molar-refractivity contribution in [3.8, 4) is 0 Å². The molecule has 30 heavy (non-hydrogen) atoms. The summed E-state index contributed by atoms with van der Waals surface area (Å²) < 4.78 is 25.2. The van der Waals surface area contributed by atoms with Gasteiger partial charge >= 0.3 is 0 Å². The third-order valence-corrected chi connectivity index (χ3v) is 7.44. The second-order valence-corrected chi connectivity index (χ2v) is 10.4. The van der Waals surface area contributed by atoms with Crippen molar-refractivity contribution < 1.29 is 18.3 Å². The van der Waals surface area contributed by atoms with Crippen LogP contribution in [0.4, 0.5) is 5.69 Å². The average Bonchev–Trinajstić information content (AvgIpc) is 3.13. The smallest absolute Gasteiger partial charge is 0.232 e. The molecule has 1 fully saturated rings. The molecule has 2 heterocycles. The van der Waals surface area contributed by atoms with E-state index < -0.39 is 15.6 Å². The average molecular weight is 429 g/mol. The van der Waals surface area contributed by atoms with Crippen LogP contribution in [0.5, 0.6) is 0 Å². The lowest BCUT2D eigenvalue weighted by molar-refractivity contribution is -0.0245. The number of nitrogens with zero attached hydrogens (tertiary/aromatic N) is 2. The first-order valence-corrected chi connectivity index (χ1v) is 12.2. The molecule has 2 aromatic rings. The van der Waals surface area contributed by atoms with E-state index in [2.05, 4.69) is 4.90 Å². The number of Topliss-reactive ketones (excluding diaryl/α,β-unsaturated/α-hetero) is 1. The summed E-state index contributed by atoms with van der Waals surface area (Å²) >= 11 is 0. The van der Waals surface area contributed by atoms with Gasteiger partial charge in [-0.2, -0.15) is 0 Å². The summed E-state index contributed by atoms with van der Waals surface area (Å²) in [5, 5.41) is 11.1. The fourth-order valence-corrected chi connectivity index (χ4v) is 5.45. The van der Waals surface area contributed by atoms with Crippen molar-refractivity contribution in [1.82, 2.24) is 4.90 Å². The number of carbonyl (C=O) groups is 1. The van der Waals surface area contributed by atoms with Crippen LogP contribution < -0.4 is 4.31 Å². The predicted molar refractivity (Wildman–Crippen MR) is 117 cm³/mol. The van der Waals surface area contributed by atoms with Crippen LogP contribution in [0.1, 0.15) is 39.9 Å². The Morgan fingerprint density at radius 3 is 2.50 bits per heavy atom. The first-order valence-electron chi connectivity index (χ1n) is 10.3. The third kappa shape index (κ3) is 4.15. The highest BCUT2D eigenvalue weighted by Gasteiger charge is 2.34. The number of likely N-dealkylation sites (tertiary alicyclic amines) is 1. The number of piperidine rings is 1. The number of anilines is 1. The van der Waals surface area contributed by atoms with Crippen LogP contribution >= 0.6 is 0 Å². The molecule has 0 radical (unpaired) electrons. The van der Waals surface area contributed by atoms with Crippen LogP contribution in [0.2, 0.25) is 0 Å². The molecule has 160 valence electrons. The van der Waals surface area contributed by atoms with E-state index in [9.17, 15) is 18.3 Å². The summed E-state index contributed by atoms with van der Waals surface area (Å²) in [6.45, 7) is 4.06. The first-order chi connectivity index (χ1) is 14.2. The highest BCUT2D eigenvalue weighted by atomic mass is 32.2. The number of fused-ring (bicyclic) bond motifs is 1. The lowest BCUT2D eigenvalue weighted by Gasteiger charge is -2.38. The van der Waals surface area contributed by atoms with E-state index in [0.29, 0.717) is 56.7 Å². The topological polar surface area (TPSA) is 77.9 Å². The summed E-state index contributed by atoms with van der Waals surface area (Å²) in [5.41, 5.74) is 3.43. The second kappa shape index (κ2) is 7.80. The Labute approximate surface area is 178 Å². The molecule has 4 rings (SSSR count). The molecule has 2 aliphatic heterocycles. The van der Waals surface area contributed by atoms with Crippen molar-refractivity contribution in [2.45, 2.75) is 31.8 Å². The number of benzene rings is 2. The molecule has 0 unspecified atom stereocenters. The predicted octanol–water partition coefficient (Wildman–Crippen LogP) is 2.48. The van der Waals surface area contributed by atoms with Crippen LogP contribution in [0.15, 0.2) is 42.5 Å². The maximum absolute atomic E-state index is 12.8. The van der Waals surface area contributed by atoms with Gasteiger partial charge in [0.15, 0.2) is 5.78 Å². The van der Waals surface area contributed by atoms with Gasteiger partial charge in [0.1, 0.15) is 0 Å². The summed E-state index contributed by atoms with van der Waals surface area (Å²) in [5.74, 6) is 0.0246. The molecule has 0 aromatic heterocycles. The molecule has 0 atom stereocenters. The van der Waals surface area contributed by atoms with Crippen molar-refractivity contribution in [3.63, 3.8) is 0 Å². The van der Waals surface area contributed by atoms with Gasteiger partial charge in [0.2, 0.25) is 10.0 Å². The summed E-state index contributed by atoms with van der Waals surface area (Å²) in [4.78, 5) is 14.9. The summed E-state index contributed by atoms with van der Waals surface area (Å²) in [6.07, 6.45) is 3.01. The van der Waals surface area contributed by atoms with Crippen LogP contribution in [-0.4, -0.2) is 56.6 Å². The van der Waals surface area contributed by atoms with Crippen LogP contribution in [0.25, 0.3) is 0 Å². The van der Waals surface area contributed by atoms with Gasteiger partial charge in [0.25, 0.3) is 0 Å².